The number of methoxy groups -OCH3 is 1. The number of aliphatic carboxylic acids is 1. The Morgan fingerprint density at radius 3 is 2.86 bits per heavy atom. The average molecular weight is 291 g/mol. The van der Waals surface area contributed by atoms with Gasteiger partial charge in [0.1, 0.15) is 18.0 Å². The van der Waals surface area contributed by atoms with Crippen LogP contribution in [0.4, 0.5) is 0 Å². The maximum Gasteiger partial charge on any atom is 0.345 e. The molecule has 2 rings (SSSR count). The number of H-pyrrole nitrogens is 1. The molecule has 110 valence electrons. The van der Waals surface area contributed by atoms with Crippen LogP contribution in [0.1, 0.15) is 11.3 Å². The van der Waals surface area contributed by atoms with Gasteiger partial charge >= 0.3 is 11.7 Å². The molecule has 8 heteroatoms. The van der Waals surface area contributed by atoms with Crippen molar-refractivity contribution in [3.63, 3.8) is 0 Å². The second kappa shape index (κ2) is 6.04. The van der Waals surface area contributed by atoms with Crippen LogP contribution in [-0.2, 0) is 17.8 Å². The zero-order chi connectivity index (χ0) is 15.4. The fourth-order valence-electron chi connectivity index (χ4n) is 1.80. The molecule has 0 aliphatic heterocycles. The van der Waals surface area contributed by atoms with Crippen LogP contribution in [0.2, 0.25) is 0 Å². The lowest BCUT2D eigenvalue weighted by atomic mass is 10.1. The highest BCUT2D eigenvalue weighted by Crippen LogP contribution is 2.13. The molecule has 2 aromatic rings. The molecule has 1 aromatic heterocycles. The maximum absolute atomic E-state index is 11.7. The van der Waals surface area contributed by atoms with Crippen molar-refractivity contribution in [1.29, 1.82) is 0 Å². The number of rotatable bonds is 5. The predicted octanol–water partition coefficient (Wildman–Crippen LogP) is -0.384. The number of aromatic nitrogens is 3. The quantitative estimate of drug-likeness (QED) is 0.775. The summed E-state index contributed by atoms with van der Waals surface area (Å²) in [6, 6.07) is 7.02. The third-order valence-electron chi connectivity index (χ3n) is 2.75. The Bertz CT molecular complexity index is 778. The number of benzene rings is 1. The number of ether oxygens (including phenoxy) is 1. The fraction of sp³-hybridized carbons (Fsp3) is 0.231. The second-order valence-corrected chi connectivity index (χ2v) is 4.29. The van der Waals surface area contributed by atoms with Crippen LogP contribution in [0.5, 0.6) is 5.75 Å². The smallest absolute Gasteiger partial charge is 0.345 e. The summed E-state index contributed by atoms with van der Waals surface area (Å²) in [7, 11) is 1.53. The average Bonchev–Trinajstić information content (AvgIpc) is 2.44. The lowest BCUT2D eigenvalue weighted by Gasteiger charge is -2.05. The molecule has 2 N–H and O–H groups in total. The van der Waals surface area contributed by atoms with E-state index in [9.17, 15) is 14.4 Å². The molecule has 0 radical (unpaired) electrons. The number of hydrogen-bond acceptors (Lipinski definition) is 5. The molecule has 0 saturated heterocycles. The van der Waals surface area contributed by atoms with Crippen molar-refractivity contribution in [3.8, 4) is 5.75 Å². The molecule has 0 aliphatic carbocycles. The van der Waals surface area contributed by atoms with Crippen LogP contribution in [0.3, 0.4) is 0 Å². The van der Waals surface area contributed by atoms with Gasteiger partial charge in [0, 0.05) is 6.42 Å². The van der Waals surface area contributed by atoms with Gasteiger partial charge in [-0.05, 0) is 17.7 Å². The Morgan fingerprint density at radius 2 is 2.19 bits per heavy atom. The van der Waals surface area contributed by atoms with Crippen molar-refractivity contribution in [1.82, 2.24) is 14.8 Å². The van der Waals surface area contributed by atoms with Crippen molar-refractivity contribution < 1.29 is 14.6 Å². The summed E-state index contributed by atoms with van der Waals surface area (Å²) in [5.41, 5.74) is -0.668. The molecule has 0 spiro atoms. The minimum Gasteiger partial charge on any atom is -0.497 e. The van der Waals surface area contributed by atoms with E-state index in [1.165, 1.54) is 7.11 Å². The summed E-state index contributed by atoms with van der Waals surface area (Å²) in [4.78, 5) is 35.9. The van der Waals surface area contributed by atoms with Gasteiger partial charge in [-0.25, -0.2) is 9.48 Å². The van der Waals surface area contributed by atoms with Crippen LogP contribution >= 0.6 is 0 Å². The van der Waals surface area contributed by atoms with Crippen molar-refractivity contribution in [2.45, 2.75) is 13.0 Å². The first-order valence-corrected chi connectivity index (χ1v) is 6.04. The summed E-state index contributed by atoms with van der Waals surface area (Å²) in [5.74, 6) is -0.591. The lowest BCUT2D eigenvalue weighted by molar-refractivity contribution is -0.138. The van der Waals surface area contributed by atoms with Gasteiger partial charge in [0.05, 0.1) is 7.11 Å². The van der Waals surface area contributed by atoms with Crippen LogP contribution in [0.15, 0.2) is 33.9 Å². The summed E-state index contributed by atoms with van der Waals surface area (Å²) in [5, 5.41) is 12.5. The summed E-state index contributed by atoms with van der Waals surface area (Å²) in [6.45, 7) is -0.610. The second-order valence-electron chi connectivity index (χ2n) is 4.29. The Morgan fingerprint density at radius 1 is 1.43 bits per heavy atom. The minimum atomic E-state index is -1.22. The topological polar surface area (TPSA) is 114 Å². The molecule has 0 amide bonds. The van der Waals surface area contributed by atoms with Crippen molar-refractivity contribution >= 4 is 5.97 Å². The SMILES string of the molecule is COc1cccc(Cc2nn(CC(=O)O)c(=O)[nH]c2=O)c1. The number of hydrogen-bond donors (Lipinski definition) is 2. The molecule has 0 saturated carbocycles. The first-order valence-electron chi connectivity index (χ1n) is 6.04. The van der Waals surface area contributed by atoms with E-state index in [2.05, 4.69) is 10.1 Å². The number of carbonyl (C=O) groups is 1. The minimum absolute atomic E-state index is 0.0594. The van der Waals surface area contributed by atoms with Gasteiger partial charge in [0.2, 0.25) is 0 Å². The predicted molar refractivity (Wildman–Crippen MR) is 72.6 cm³/mol. The number of nitrogens with zero attached hydrogens (tertiary/aromatic N) is 2. The third kappa shape index (κ3) is 3.56. The maximum atomic E-state index is 11.7. The van der Waals surface area contributed by atoms with Crippen molar-refractivity contribution in [2.75, 3.05) is 7.11 Å². The zero-order valence-corrected chi connectivity index (χ0v) is 11.2. The molecule has 8 nitrogen and oxygen atoms in total. The van der Waals surface area contributed by atoms with Crippen LogP contribution in [0.25, 0.3) is 0 Å². The van der Waals surface area contributed by atoms with Gasteiger partial charge in [-0.2, -0.15) is 5.10 Å². The number of aromatic amines is 1. The highest BCUT2D eigenvalue weighted by molar-refractivity contribution is 5.66. The molecule has 0 aliphatic rings. The molecular formula is C13H13N3O5. The van der Waals surface area contributed by atoms with Gasteiger partial charge in [0.25, 0.3) is 5.56 Å². The molecule has 0 bridgehead atoms. The van der Waals surface area contributed by atoms with E-state index >= 15 is 0 Å². The molecular weight excluding hydrogens is 278 g/mol. The number of carboxylic acids is 1. The molecule has 1 aromatic carbocycles. The fourth-order valence-corrected chi connectivity index (χ4v) is 1.80. The van der Waals surface area contributed by atoms with Crippen molar-refractivity contribution in [2.24, 2.45) is 0 Å². The highest BCUT2D eigenvalue weighted by atomic mass is 16.5. The van der Waals surface area contributed by atoms with Gasteiger partial charge in [-0.3, -0.25) is 14.6 Å². The Balaban J connectivity index is 2.37. The molecule has 0 unspecified atom stereocenters. The first-order chi connectivity index (χ1) is 9.99. The number of carboxylic acid groups (broad SMARTS) is 1. The van der Waals surface area contributed by atoms with E-state index in [4.69, 9.17) is 9.84 Å². The molecule has 0 atom stereocenters. The first kappa shape index (κ1) is 14.5. The van der Waals surface area contributed by atoms with Gasteiger partial charge in [0.15, 0.2) is 0 Å². The summed E-state index contributed by atoms with van der Waals surface area (Å²) >= 11 is 0. The monoisotopic (exact) mass is 291 g/mol. The summed E-state index contributed by atoms with van der Waals surface area (Å²) in [6.07, 6.45) is 0.159. The van der Waals surface area contributed by atoms with E-state index < -0.39 is 23.8 Å². The van der Waals surface area contributed by atoms with E-state index in [-0.39, 0.29) is 12.1 Å². The Kier molecular flexibility index (Phi) is 4.17. The standard InChI is InChI=1S/C13H13N3O5/c1-21-9-4-2-3-8(5-9)6-10-12(19)14-13(20)16(15-10)7-11(17)18/h2-5H,6-7H2,1H3,(H,17,18)(H,14,19,20). The number of nitrogens with one attached hydrogen (secondary N) is 1. The Hall–Kier alpha value is -2.90. The normalized spacial score (nSPS) is 10.3. The zero-order valence-electron chi connectivity index (χ0n) is 11.2. The molecule has 21 heavy (non-hydrogen) atoms. The lowest BCUT2D eigenvalue weighted by Crippen LogP contribution is -2.36. The van der Waals surface area contributed by atoms with Crippen LogP contribution in [0, 0.1) is 0 Å². The van der Waals surface area contributed by atoms with Crippen LogP contribution < -0.4 is 16.0 Å². The van der Waals surface area contributed by atoms with Gasteiger partial charge in [-0.1, -0.05) is 12.1 Å². The van der Waals surface area contributed by atoms with Crippen molar-refractivity contribution in [3.05, 3.63) is 56.4 Å². The van der Waals surface area contributed by atoms with E-state index in [1.807, 2.05) is 0 Å². The summed E-state index contributed by atoms with van der Waals surface area (Å²) < 4.78 is 5.79. The Labute approximate surface area is 118 Å². The van der Waals surface area contributed by atoms with Gasteiger partial charge < -0.3 is 9.84 Å². The largest absolute Gasteiger partial charge is 0.497 e. The van der Waals surface area contributed by atoms with E-state index in [1.54, 1.807) is 24.3 Å². The third-order valence-corrected chi connectivity index (χ3v) is 2.75. The molecule has 1 heterocycles. The van der Waals surface area contributed by atoms with Gasteiger partial charge in [-0.15, -0.1) is 0 Å². The van der Waals surface area contributed by atoms with E-state index in [0.29, 0.717) is 10.4 Å². The highest BCUT2D eigenvalue weighted by Gasteiger charge is 2.10. The molecule has 0 fully saturated rings. The van der Waals surface area contributed by atoms with E-state index in [0.717, 1.165) is 5.56 Å². The van der Waals surface area contributed by atoms with Crippen LogP contribution in [-0.4, -0.2) is 33.0 Å².